The molecule has 3 aromatic carbocycles. The van der Waals surface area contributed by atoms with E-state index in [1.165, 1.54) is 10.3 Å². The Hall–Kier alpha value is -3.75. The zero-order valence-corrected chi connectivity index (χ0v) is 20.8. The number of aryl methyl sites for hydroxylation is 1. The first-order chi connectivity index (χ1) is 17.5. The fraction of sp³-hybridized carbons (Fsp3) is 0.250. The Balaban J connectivity index is 1.07. The number of amides is 1. The molecular formula is C28H26N4O3S. The number of anilines is 1. The molecule has 182 valence electrons. The standard InChI is InChI=1S/C28H26N4O3S/c1-18-6-8-23-25(16-18)36-28(30-23)32-14-12-31(13-15-32)11-10-29-26(33)22-17-21-20-5-3-2-4-19(20)7-9-24(21)35-27(22)34/h2-9,16-17H,10-15H2,1H3,(H,29,33). The maximum Gasteiger partial charge on any atom is 0.349 e. The van der Waals surface area contributed by atoms with Crippen LogP contribution >= 0.6 is 11.3 Å². The van der Waals surface area contributed by atoms with Gasteiger partial charge < -0.3 is 14.6 Å². The molecule has 1 fully saturated rings. The molecule has 0 radical (unpaired) electrons. The van der Waals surface area contributed by atoms with E-state index >= 15 is 0 Å². The summed E-state index contributed by atoms with van der Waals surface area (Å²) in [6.07, 6.45) is 0. The summed E-state index contributed by atoms with van der Waals surface area (Å²) in [6, 6.07) is 19.6. The SMILES string of the molecule is Cc1ccc2nc(N3CCN(CCNC(=O)c4cc5c(ccc6ccccc65)oc4=O)CC3)sc2c1. The molecule has 0 unspecified atom stereocenters. The molecule has 8 heteroatoms. The van der Waals surface area contributed by atoms with Crippen LogP contribution in [0.5, 0.6) is 0 Å². The van der Waals surface area contributed by atoms with Crippen molar-refractivity contribution in [2.24, 2.45) is 0 Å². The van der Waals surface area contributed by atoms with Gasteiger partial charge in [0, 0.05) is 44.7 Å². The van der Waals surface area contributed by atoms with Crippen molar-refractivity contribution in [3.8, 4) is 0 Å². The number of nitrogens with zero attached hydrogens (tertiary/aromatic N) is 3. The van der Waals surface area contributed by atoms with Crippen molar-refractivity contribution in [2.75, 3.05) is 44.2 Å². The largest absolute Gasteiger partial charge is 0.422 e. The van der Waals surface area contributed by atoms with E-state index in [4.69, 9.17) is 9.40 Å². The Morgan fingerprint density at radius 2 is 1.86 bits per heavy atom. The Kier molecular flexibility index (Phi) is 5.91. The molecule has 1 saturated heterocycles. The van der Waals surface area contributed by atoms with E-state index in [2.05, 4.69) is 40.2 Å². The molecule has 0 atom stereocenters. The van der Waals surface area contributed by atoms with Gasteiger partial charge in [-0.25, -0.2) is 9.78 Å². The molecular weight excluding hydrogens is 472 g/mol. The predicted octanol–water partition coefficient (Wildman–Crippen LogP) is 4.42. The average molecular weight is 499 g/mol. The number of fused-ring (bicyclic) bond motifs is 4. The van der Waals surface area contributed by atoms with Crippen LogP contribution in [-0.2, 0) is 0 Å². The van der Waals surface area contributed by atoms with Crippen LogP contribution in [0.3, 0.4) is 0 Å². The van der Waals surface area contributed by atoms with E-state index in [0.29, 0.717) is 12.1 Å². The molecule has 2 aromatic heterocycles. The second-order valence-corrected chi connectivity index (χ2v) is 10.2. The van der Waals surface area contributed by atoms with Gasteiger partial charge in [-0.3, -0.25) is 9.69 Å². The molecule has 36 heavy (non-hydrogen) atoms. The number of hydrogen-bond acceptors (Lipinski definition) is 7. The summed E-state index contributed by atoms with van der Waals surface area (Å²) >= 11 is 1.74. The number of benzene rings is 3. The molecule has 5 aromatic rings. The van der Waals surface area contributed by atoms with Gasteiger partial charge in [0.25, 0.3) is 5.91 Å². The predicted molar refractivity (Wildman–Crippen MR) is 145 cm³/mol. The minimum Gasteiger partial charge on any atom is -0.422 e. The minimum absolute atomic E-state index is 0.0368. The highest BCUT2D eigenvalue weighted by atomic mass is 32.1. The summed E-state index contributed by atoms with van der Waals surface area (Å²) in [5.74, 6) is -0.401. The Morgan fingerprint density at radius 3 is 2.72 bits per heavy atom. The van der Waals surface area contributed by atoms with E-state index in [9.17, 15) is 9.59 Å². The molecule has 7 nitrogen and oxygen atoms in total. The van der Waals surface area contributed by atoms with Gasteiger partial charge in [-0.2, -0.15) is 0 Å². The van der Waals surface area contributed by atoms with Crippen LogP contribution in [0, 0.1) is 6.92 Å². The summed E-state index contributed by atoms with van der Waals surface area (Å²) < 4.78 is 6.69. The minimum atomic E-state index is -0.616. The summed E-state index contributed by atoms with van der Waals surface area (Å²) in [4.78, 5) is 34.8. The number of carbonyl (C=O) groups is 1. The molecule has 1 aliphatic heterocycles. The maximum atomic E-state index is 12.8. The van der Waals surface area contributed by atoms with Crippen molar-refractivity contribution in [1.29, 1.82) is 0 Å². The average Bonchev–Trinajstić information content (AvgIpc) is 3.31. The van der Waals surface area contributed by atoms with Gasteiger partial charge in [-0.15, -0.1) is 0 Å². The second-order valence-electron chi connectivity index (χ2n) is 9.20. The van der Waals surface area contributed by atoms with Gasteiger partial charge in [-0.05, 0) is 47.5 Å². The molecule has 1 aliphatic rings. The molecule has 6 rings (SSSR count). The van der Waals surface area contributed by atoms with Gasteiger partial charge in [0.15, 0.2) is 5.13 Å². The van der Waals surface area contributed by atoms with Crippen LogP contribution in [0.2, 0.25) is 0 Å². The number of rotatable bonds is 5. The Morgan fingerprint density at radius 1 is 1.03 bits per heavy atom. The van der Waals surface area contributed by atoms with Crippen molar-refractivity contribution >= 4 is 54.3 Å². The lowest BCUT2D eigenvalue weighted by atomic mass is 10.0. The first-order valence-electron chi connectivity index (χ1n) is 12.1. The highest BCUT2D eigenvalue weighted by Crippen LogP contribution is 2.30. The molecule has 0 bridgehead atoms. The third-order valence-corrected chi connectivity index (χ3v) is 7.85. The monoisotopic (exact) mass is 498 g/mol. The lowest BCUT2D eigenvalue weighted by Crippen LogP contribution is -2.48. The van der Waals surface area contributed by atoms with Crippen LogP contribution in [0.25, 0.3) is 32.0 Å². The molecule has 3 heterocycles. The van der Waals surface area contributed by atoms with E-state index in [1.807, 2.05) is 30.3 Å². The first kappa shape index (κ1) is 22.7. The maximum absolute atomic E-state index is 12.8. The zero-order valence-electron chi connectivity index (χ0n) is 20.0. The van der Waals surface area contributed by atoms with E-state index in [1.54, 1.807) is 23.5 Å². The molecule has 0 spiro atoms. The normalized spacial score (nSPS) is 14.6. The van der Waals surface area contributed by atoms with Gasteiger partial charge in [-0.1, -0.05) is 47.7 Å². The quantitative estimate of drug-likeness (QED) is 0.286. The number of thiazole rings is 1. The highest BCUT2D eigenvalue weighted by molar-refractivity contribution is 7.22. The molecule has 0 aliphatic carbocycles. The number of carbonyl (C=O) groups excluding carboxylic acids is 1. The topological polar surface area (TPSA) is 78.7 Å². The van der Waals surface area contributed by atoms with Crippen molar-refractivity contribution in [2.45, 2.75) is 6.92 Å². The fourth-order valence-electron chi connectivity index (χ4n) is 4.77. The molecule has 0 saturated carbocycles. The smallest absolute Gasteiger partial charge is 0.349 e. The van der Waals surface area contributed by atoms with Crippen molar-refractivity contribution in [3.05, 3.63) is 82.2 Å². The number of nitrogens with one attached hydrogen (secondary N) is 1. The Bertz CT molecular complexity index is 1650. The van der Waals surface area contributed by atoms with Crippen LogP contribution < -0.4 is 15.8 Å². The van der Waals surface area contributed by atoms with Crippen LogP contribution in [0.15, 0.2) is 69.9 Å². The van der Waals surface area contributed by atoms with Gasteiger partial charge in [0.2, 0.25) is 0 Å². The molecule has 1 amide bonds. The van der Waals surface area contributed by atoms with Gasteiger partial charge in [0.1, 0.15) is 11.1 Å². The van der Waals surface area contributed by atoms with E-state index < -0.39 is 11.5 Å². The lowest BCUT2D eigenvalue weighted by Gasteiger charge is -2.34. The van der Waals surface area contributed by atoms with Gasteiger partial charge >= 0.3 is 5.63 Å². The first-order valence-corrected chi connectivity index (χ1v) is 13.0. The third-order valence-electron chi connectivity index (χ3n) is 6.78. The number of hydrogen-bond donors (Lipinski definition) is 1. The van der Waals surface area contributed by atoms with Crippen LogP contribution in [0.4, 0.5) is 5.13 Å². The second kappa shape index (κ2) is 9.37. The van der Waals surface area contributed by atoms with Gasteiger partial charge in [0.05, 0.1) is 10.2 Å². The summed E-state index contributed by atoms with van der Waals surface area (Å²) in [5, 5.41) is 6.72. The lowest BCUT2D eigenvalue weighted by molar-refractivity contribution is 0.0944. The van der Waals surface area contributed by atoms with Crippen molar-refractivity contribution < 1.29 is 9.21 Å². The Labute approximate surface area is 212 Å². The number of piperazine rings is 1. The van der Waals surface area contributed by atoms with Crippen LogP contribution in [0.1, 0.15) is 15.9 Å². The summed E-state index contributed by atoms with van der Waals surface area (Å²) in [5.41, 5.74) is 2.21. The fourth-order valence-corrected chi connectivity index (χ4v) is 5.89. The van der Waals surface area contributed by atoms with Crippen molar-refractivity contribution in [1.82, 2.24) is 15.2 Å². The third kappa shape index (κ3) is 4.34. The van der Waals surface area contributed by atoms with Crippen molar-refractivity contribution in [3.63, 3.8) is 0 Å². The number of aromatic nitrogens is 1. The summed E-state index contributed by atoms with van der Waals surface area (Å²) in [6.45, 7) is 6.88. The molecule has 1 N–H and O–H groups in total. The van der Waals surface area contributed by atoms with E-state index in [-0.39, 0.29) is 5.56 Å². The summed E-state index contributed by atoms with van der Waals surface area (Å²) in [7, 11) is 0. The van der Waals surface area contributed by atoms with E-state index in [0.717, 1.165) is 59.5 Å². The van der Waals surface area contributed by atoms with Crippen LogP contribution in [-0.4, -0.2) is 55.1 Å². The highest BCUT2D eigenvalue weighted by Gasteiger charge is 2.20. The zero-order chi connectivity index (χ0) is 24.6.